The highest BCUT2D eigenvalue weighted by Crippen LogP contribution is 2.27. The summed E-state index contributed by atoms with van der Waals surface area (Å²) in [6.45, 7) is 5.91. The Balaban J connectivity index is 1.34. The number of hydrogen-bond acceptors (Lipinski definition) is 5. The number of nitrogens with zero attached hydrogens (tertiary/aromatic N) is 3. The van der Waals surface area contributed by atoms with Crippen molar-refractivity contribution in [2.24, 2.45) is 5.92 Å². The highest BCUT2D eigenvalue weighted by atomic mass is 16.5. The number of carbonyl (C=O) groups excluding carboxylic acids is 1. The molecular weight excluding hydrogens is 332 g/mol. The summed E-state index contributed by atoms with van der Waals surface area (Å²) in [5.41, 5.74) is 1.21. The highest BCUT2D eigenvalue weighted by molar-refractivity contribution is 5.76. The molecule has 26 heavy (non-hydrogen) atoms. The fraction of sp³-hybridized carbons (Fsp3) is 0.789. The molecule has 1 amide bonds. The van der Waals surface area contributed by atoms with Crippen LogP contribution in [0.2, 0.25) is 0 Å². The van der Waals surface area contributed by atoms with E-state index in [9.17, 15) is 4.79 Å². The molecule has 1 atom stereocenters. The molecule has 3 aliphatic heterocycles. The van der Waals surface area contributed by atoms with Gasteiger partial charge in [0.1, 0.15) is 0 Å². The van der Waals surface area contributed by atoms with Gasteiger partial charge in [0.25, 0.3) is 0 Å². The van der Waals surface area contributed by atoms with Crippen LogP contribution in [0.1, 0.15) is 43.8 Å². The standard InChI is InChI=1S/C19H30N4O3/c24-19(20-12-15-2-7-25-8-3-15)11-18-14-22(16-4-9-26-10-5-16)13-17-1-6-21-23(17)18/h1,6,15-16,18H,2-5,7-14H2,(H,20,24)/t18-/m0/s1. The first-order valence-corrected chi connectivity index (χ1v) is 9.98. The summed E-state index contributed by atoms with van der Waals surface area (Å²) in [7, 11) is 0. The van der Waals surface area contributed by atoms with Gasteiger partial charge >= 0.3 is 0 Å². The summed E-state index contributed by atoms with van der Waals surface area (Å²) in [4.78, 5) is 15.1. The Morgan fingerprint density at radius 3 is 2.65 bits per heavy atom. The van der Waals surface area contributed by atoms with Gasteiger partial charge in [-0.2, -0.15) is 5.10 Å². The molecule has 0 unspecified atom stereocenters. The number of amides is 1. The first-order chi connectivity index (χ1) is 12.8. The Morgan fingerprint density at radius 1 is 1.15 bits per heavy atom. The van der Waals surface area contributed by atoms with Crippen LogP contribution in [-0.4, -0.2) is 66.1 Å². The maximum Gasteiger partial charge on any atom is 0.222 e. The third kappa shape index (κ3) is 4.27. The van der Waals surface area contributed by atoms with Crippen molar-refractivity contribution in [2.75, 3.05) is 39.5 Å². The molecule has 0 aliphatic carbocycles. The minimum Gasteiger partial charge on any atom is -0.381 e. The normalized spacial score (nSPS) is 25.8. The van der Waals surface area contributed by atoms with Crippen molar-refractivity contribution in [3.8, 4) is 0 Å². The summed E-state index contributed by atoms with van der Waals surface area (Å²) >= 11 is 0. The summed E-state index contributed by atoms with van der Waals surface area (Å²) in [5.74, 6) is 0.690. The molecule has 0 bridgehead atoms. The topological polar surface area (TPSA) is 68.6 Å². The quantitative estimate of drug-likeness (QED) is 0.856. The fourth-order valence-electron chi connectivity index (χ4n) is 4.39. The van der Waals surface area contributed by atoms with E-state index in [4.69, 9.17) is 9.47 Å². The molecule has 2 fully saturated rings. The zero-order chi connectivity index (χ0) is 17.8. The molecule has 1 aromatic rings. The maximum absolute atomic E-state index is 12.5. The molecule has 2 saturated heterocycles. The summed E-state index contributed by atoms with van der Waals surface area (Å²) < 4.78 is 13.0. The van der Waals surface area contributed by atoms with Gasteiger partial charge in [0.15, 0.2) is 0 Å². The summed E-state index contributed by atoms with van der Waals surface area (Å²) in [6.07, 6.45) is 6.61. The van der Waals surface area contributed by atoms with Crippen LogP contribution in [0, 0.1) is 5.92 Å². The minimum atomic E-state index is 0.117. The lowest BCUT2D eigenvalue weighted by atomic mass is 10.00. The van der Waals surface area contributed by atoms with Crippen molar-refractivity contribution in [3.63, 3.8) is 0 Å². The molecule has 4 heterocycles. The Labute approximate surface area is 155 Å². The predicted molar refractivity (Wildman–Crippen MR) is 96.7 cm³/mol. The number of nitrogens with one attached hydrogen (secondary N) is 1. The van der Waals surface area contributed by atoms with Crippen LogP contribution in [0.15, 0.2) is 12.3 Å². The van der Waals surface area contributed by atoms with Gasteiger partial charge in [-0.15, -0.1) is 0 Å². The van der Waals surface area contributed by atoms with Crippen molar-refractivity contribution in [3.05, 3.63) is 18.0 Å². The van der Waals surface area contributed by atoms with Gasteiger partial charge < -0.3 is 14.8 Å². The van der Waals surface area contributed by atoms with E-state index in [0.717, 1.165) is 71.7 Å². The van der Waals surface area contributed by atoms with Gasteiger partial charge in [-0.3, -0.25) is 14.4 Å². The molecule has 1 aromatic heterocycles. The van der Waals surface area contributed by atoms with Gasteiger partial charge in [-0.05, 0) is 37.7 Å². The molecule has 0 aromatic carbocycles. The maximum atomic E-state index is 12.5. The SMILES string of the molecule is O=C(C[C@H]1CN(C2CCOCC2)Cc2ccnn21)NCC1CCOCC1. The molecule has 0 saturated carbocycles. The minimum absolute atomic E-state index is 0.117. The van der Waals surface area contributed by atoms with Crippen LogP contribution in [0.5, 0.6) is 0 Å². The van der Waals surface area contributed by atoms with Crippen molar-refractivity contribution >= 4 is 5.91 Å². The molecule has 7 nitrogen and oxygen atoms in total. The van der Waals surface area contributed by atoms with Crippen LogP contribution < -0.4 is 5.32 Å². The summed E-state index contributed by atoms with van der Waals surface area (Å²) in [6, 6.07) is 2.75. The molecular formula is C19H30N4O3. The number of hydrogen-bond donors (Lipinski definition) is 1. The van der Waals surface area contributed by atoms with Crippen molar-refractivity contribution < 1.29 is 14.3 Å². The van der Waals surface area contributed by atoms with E-state index in [-0.39, 0.29) is 11.9 Å². The monoisotopic (exact) mass is 362 g/mol. The van der Waals surface area contributed by atoms with Crippen LogP contribution in [0.4, 0.5) is 0 Å². The molecule has 0 radical (unpaired) electrons. The number of carbonyl (C=O) groups is 1. The first kappa shape index (κ1) is 17.9. The van der Waals surface area contributed by atoms with E-state index in [2.05, 4.69) is 26.1 Å². The smallest absolute Gasteiger partial charge is 0.222 e. The second-order valence-electron chi connectivity index (χ2n) is 7.76. The van der Waals surface area contributed by atoms with Crippen molar-refractivity contribution in [2.45, 2.75) is 50.7 Å². The third-order valence-electron chi connectivity index (χ3n) is 5.97. The number of ether oxygens (including phenoxy) is 2. The lowest BCUT2D eigenvalue weighted by Crippen LogP contribution is -2.46. The molecule has 7 heteroatoms. The second kappa shape index (κ2) is 8.50. The lowest BCUT2D eigenvalue weighted by molar-refractivity contribution is -0.122. The second-order valence-corrected chi connectivity index (χ2v) is 7.76. The average Bonchev–Trinajstić information content (AvgIpc) is 3.17. The Morgan fingerprint density at radius 2 is 1.88 bits per heavy atom. The number of fused-ring (bicyclic) bond motifs is 1. The third-order valence-corrected chi connectivity index (χ3v) is 5.97. The van der Waals surface area contributed by atoms with E-state index in [1.54, 1.807) is 0 Å². The van der Waals surface area contributed by atoms with E-state index in [1.807, 2.05) is 6.20 Å². The van der Waals surface area contributed by atoms with Gasteiger partial charge in [-0.1, -0.05) is 0 Å². The van der Waals surface area contributed by atoms with Gasteiger partial charge in [0.2, 0.25) is 5.91 Å². The zero-order valence-electron chi connectivity index (χ0n) is 15.4. The van der Waals surface area contributed by atoms with Gasteiger partial charge in [-0.25, -0.2) is 0 Å². The summed E-state index contributed by atoms with van der Waals surface area (Å²) in [5, 5.41) is 7.63. The van der Waals surface area contributed by atoms with Crippen LogP contribution in [0.3, 0.4) is 0 Å². The van der Waals surface area contributed by atoms with Crippen molar-refractivity contribution in [1.29, 1.82) is 0 Å². The Kier molecular flexibility index (Phi) is 5.87. The fourth-order valence-corrected chi connectivity index (χ4v) is 4.39. The molecule has 0 spiro atoms. The molecule has 4 rings (SSSR count). The van der Waals surface area contributed by atoms with Crippen molar-refractivity contribution in [1.82, 2.24) is 20.0 Å². The zero-order valence-corrected chi connectivity index (χ0v) is 15.4. The molecule has 1 N–H and O–H groups in total. The van der Waals surface area contributed by atoms with E-state index >= 15 is 0 Å². The Hall–Kier alpha value is -1.44. The molecule has 3 aliphatic rings. The average molecular weight is 362 g/mol. The van der Waals surface area contributed by atoms with Crippen LogP contribution in [-0.2, 0) is 20.8 Å². The van der Waals surface area contributed by atoms with E-state index < -0.39 is 0 Å². The van der Waals surface area contributed by atoms with E-state index in [1.165, 1.54) is 5.69 Å². The lowest BCUT2D eigenvalue weighted by Gasteiger charge is -2.40. The van der Waals surface area contributed by atoms with Crippen LogP contribution in [0.25, 0.3) is 0 Å². The Bertz CT molecular complexity index is 593. The largest absolute Gasteiger partial charge is 0.381 e. The first-order valence-electron chi connectivity index (χ1n) is 9.98. The predicted octanol–water partition coefficient (Wildman–Crippen LogP) is 1.35. The van der Waals surface area contributed by atoms with Gasteiger partial charge in [0, 0.05) is 58.3 Å². The highest BCUT2D eigenvalue weighted by Gasteiger charge is 2.32. The van der Waals surface area contributed by atoms with E-state index in [0.29, 0.717) is 18.4 Å². The molecule has 144 valence electrons. The van der Waals surface area contributed by atoms with Gasteiger partial charge in [0.05, 0.1) is 18.2 Å². The number of rotatable bonds is 5. The number of aromatic nitrogens is 2. The van der Waals surface area contributed by atoms with Crippen LogP contribution >= 0.6 is 0 Å².